The van der Waals surface area contributed by atoms with Crippen LogP contribution in [-0.4, -0.2) is 29.9 Å². The van der Waals surface area contributed by atoms with E-state index in [4.69, 9.17) is 5.73 Å². The van der Waals surface area contributed by atoms with Crippen molar-refractivity contribution < 1.29 is 4.79 Å². The lowest BCUT2D eigenvalue weighted by atomic mass is 9.90. The van der Waals surface area contributed by atoms with E-state index in [2.05, 4.69) is 19.9 Å². The topological polar surface area (TPSA) is 46.3 Å². The number of piperidine rings is 1. The number of rotatable bonds is 3. The lowest BCUT2D eigenvalue weighted by Gasteiger charge is -2.39. The third kappa shape index (κ3) is 3.74. The number of carbonyl (C=O) groups excluding carboxylic acids is 1. The van der Waals surface area contributed by atoms with E-state index in [1.165, 1.54) is 12.0 Å². The predicted octanol–water partition coefficient (Wildman–Crippen LogP) is 2.55. The highest BCUT2D eigenvalue weighted by atomic mass is 35.5. The van der Waals surface area contributed by atoms with Crippen molar-refractivity contribution in [1.82, 2.24) is 4.90 Å². The molecule has 2 N–H and O–H groups in total. The Bertz CT molecular complexity index is 450. The van der Waals surface area contributed by atoms with Gasteiger partial charge in [-0.25, -0.2) is 0 Å². The number of carbonyl (C=O) groups is 1. The molecule has 20 heavy (non-hydrogen) atoms. The summed E-state index contributed by atoms with van der Waals surface area (Å²) in [6, 6.07) is 8.31. The maximum absolute atomic E-state index is 12.5. The normalized spacial score (nSPS) is 22.2. The summed E-state index contributed by atoms with van der Waals surface area (Å²) in [4.78, 5) is 14.5. The Balaban J connectivity index is 0.00000200. The number of aryl methyl sites for hydroxylation is 1. The fourth-order valence-corrected chi connectivity index (χ4v) is 2.99. The largest absolute Gasteiger partial charge is 0.338 e. The van der Waals surface area contributed by atoms with Crippen LogP contribution in [-0.2, 0) is 11.2 Å². The number of hydrogen-bond donors (Lipinski definition) is 1. The molecular formula is C16H25ClN2O. The first-order chi connectivity index (χ1) is 9.13. The van der Waals surface area contributed by atoms with Crippen molar-refractivity contribution in [1.29, 1.82) is 0 Å². The van der Waals surface area contributed by atoms with Gasteiger partial charge in [-0.3, -0.25) is 4.79 Å². The molecule has 0 spiro atoms. The van der Waals surface area contributed by atoms with Crippen LogP contribution in [0.3, 0.4) is 0 Å². The average Bonchev–Trinajstić information content (AvgIpc) is 2.41. The van der Waals surface area contributed by atoms with E-state index in [-0.39, 0.29) is 24.4 Å². The summed E-state index contributed by atoms with van der Waals surface area (Å²) in [5.74, 6) is 0.732. The molecule has 1 aliphatic heterocycles. The fourth-order valence-electron chi connectivity index (χ4n) is 2.99. The maximum atomic E-state index is 12.5. The molecule has 2 rings (SSSR count). The fraction of sp³-hybridized carbons (Fsp3) is 0.562. The highest BCUT2D eigenvalue weighted by Crippen LogP contribution is 2.23. The van der Waals surface area contributed by atoms with Gasteiger partial charge in [-0.15, -0.1) is 12.4 Å². The minimum absolute atomic E-state index is 0. The van der Waals surface area contributed by atoms with Crippen LogP contribution in [0.4, 0.5) is 0 Å². The summed E-state index contributed by atoms with van der Waals surface area (Å²) < 4.78 is 0. The molecule has 0 bridgehead atoms. The Morgan fingerprint density at radius 2 is 2.10 bits per heavy atom. The van der Waals surface area contributed by atoms with Crippen molar-refractivity contribution in [3.63, 3.8) is 0 Å². The molecule has 3 nitrogen and oxygen atoms in total. The van der Waals surface area contributed by atoms with Gasteiger partial charge in [0.2, 0.25) is 5.91 Å². The molecule has 1 aromatic rings. The van der Waals surface area contributed by atoms with Gasteiger partial charge in [0, 0.05) is 19.1 Å². The van der Waals surface area contributed by atoms with E-state index < -0.39 is 0 Å². The quantitative estimate of drug-likeness (QED) is 0.932. The van der Waals surface area contributed by atoms with Crippen molar-refractivity contribution >= 4 is 18.3 Å². The van der Waals surface area contributed by atoms with Gasteiger partial charge in [-0.2, -0.15) is 0 Å². The molecule has 2 unspecified atom stereocenters. The lowest BCUT2D eigenvalue weighted by molar-refractivity contribution is -0.135. The first-order valence-corrected chi connectivity index (χ1v) is 7.17. The second kappa shape index (κ2) is 7.65. The Morgan fingerprint density at radius 1 is 1.40 bits per heavy atom. The monoisotopic (exact) mass is 296 g/mol. The Labute approximate surface area is 127 Å². The summed E-state index contributed by atoms with van der Waals surface area (Å²) in [5, 5.41) is 0. The zero-order chi connectivity index (χ0) is 13.8. The Hall–Kier alpha value is -1.06. The molecule has 1 fully saturated rings. The van der Waals surface area contributed by atoms with Gasteiger partial charge >= 0.3 is 0 Å². The Kier molecular flexibility index (Phi) is 6.50. The van der Waals surface area contributed by atoms with E-state index in [0.29, 0.717) is 18.9 Å². The van der Waals surface area contributed by atoms with Gasteiger partial charge in [0.15, 0.2) is 0 Å². The SMILES string of the molecule is Cc1ccccc1CC(=O)N1CCCC(C)C1CN.Cl. The zero-order valence-corrected chi connectivity index (χ0v) is 13.2. The van der Waals surface area contributed by atoms with Gasteiger partial charge in [-0.1, -0.05) is 31.2 Å². The summed E-state index contributed by atoms with van der Waals surface area (Å²) >= 11 is 0. The van der Waals surface area contributed by atoms with Crippen LogP contribution in [0.1, 0.15) is 30.9 Å². The third-order valence-corrected chi connectivity index (χ3v) is 4.28. The minimum atomic E-state index is 0. The number of likely N-dealkylation sites (tertiary alicyclic amines) is 1. The third-order valence-electron chi connectivity index (χ3n) is 4.28. The number of nitrogens with two attached hydrogens (primary N) is 1. The van der Waals surface area contributed by atoms with Crippen molar-refractivity contribution in [2.75, 3.05) is 13.1 Å². The Morgan fingerprint density at radius 3 is 2.75 bits per heavy atom. The molecule has 0 saturated carbocycles. The average molecular weight is 297 g/mol. The van der Waals surface area contributed by atoms with Gasteiger partial charge in [0.05, 0.1) is 6.42 Å². The first-order valence-electron chi connectivity index (χ1n) is 7.17. The van der Waals surface area contributed by atoms with Crippen LogP contribution < -0.4 is 5.73 Å². The minimum Gasteiger partial charge on any atom is -0.338 e. The van der Waals surface area contributed by atoms with Crippen LogP contribution in [0.15, 0.2) is 24.3 Å². The number of halogens is 1. The molecule has 1 aliphatic rings. The first kappa shape index (κ1) is 17.0. The predicted molar refractivity (Wildman–Crippen MR) is 85.1 cm³/mol. The smallest absolute Gasteiger partial charge is 0.227 e. The molecule has 0 aliphatic carbocycles. The molecule has 0 radical (unpaired) electrons. The second-order valence-corrected chi connectivity index (χ2v) is 5.61. The van der Waals surface area contributed by atoms with Gasteiger partial charge in [-0.05, 0) is 36.8 Å². The summed E-state index contributed by atoms with van der Waals surface area (Å²) in [6.07, 6.45) is 2.77. The van der Waals surface area contributed by atoms with Crippen molar-refractivity contribution in [2.24, 2.45) is 11.7 Å². The molecule has 2 atom stereocenters. The van der Waals surface area contributed by atoms with Crippen LogP contribution in [0.25, 0.3) is 0 Å². The molecule has 1 aromatic carbocycles. The van der Waals surface area contributed by atoms with E-state index in [0.717, 1.165) is 18.5 Å². The highest BCUT2D eigenvalue weighted by Gasteiger charge is 2.30. The molecule has 112 valence electrons. The standard InChI is InChI=1S/C16H24N2O.ClH/c1-12-6-3-4-8-14(12)10-16(19)18-9-5-7-13(2)15(18)11-17;/h3-4,6,8,13,15H,5,7,9-11,17H2,1-2H3;1H. The van der Waals surface area contributed by atoms with E-state index >= 15 is 0 Å². The molecule has 0 aromatic heterocycles. The van der Waals surface area contributed by atoms with Crippen molar-refractivity contribution in [2.45, 2.75) is 39.2 Å². The number of nitrogens with zero attached hydrogens (tertiary/aromatic N) is 1. The van der Waals surface area contributed by atoms with E-state index in [1.807, 2.05) is 23.1 Å². The van der Waals surface area contributed by atoms with E-state index in [9.17, 15) is 4.79 Å². The zero-order valence-electron chi connectivity index (χ0n) is 12.3. The number of hydrogen-bond acceptors (Lipinski definition) is 2. The molecule has 4 heteroatoms. The van der Waals surface area contributed by atoms with Crippen LogP contribution in [0.2, 0.25) is 0 Å². The number of amides is 1. The van der Waals surface area contributed by atoms with Crippen LogP contribution in [0, 0.1) is 12.8 Å². The lowest BCUT2D eigenvalue weighted by Crippen LogP contribution is -2.51. The molecule has 1 heterocycles. The van der Waals surface area contributed by atoms with E-state index in [1.54, 1.807) is 0 Å². The van der Waals surface area contributed by atoms with Gasteiger partial charge < -0.3 is 10.6 Å². The molecular weight excluding hydrogens is 272 g/mol. The van der Waals surface area contributed by atoms with Crippen LogP contribution >= 0.6 is 12.4 Å². The van der Waals surface area contributed by atoms with Gasteiger partial charge in [0.1, 0.15) is 0 Å². The molecule has 1 amide bonds. The van der Waals surface area contributed by atoms with Crippen molar-refractivity contribution in [3.8, 4) is 0 Å². The summed E-state index contributed by atoms with van der Waals surface area (Å²) in [5.41, 5.74) is 8.16. The summed E-state index contributed by atoms with van der Waals surface area (Å²) in [6.45, 7) is 5.68. The second-order valence-electron chi connectivity index (χ2n) is 5.61. The molecule has 1 saturated heterocycles. The van der Waals surface area contributed by atoms with Gasteiger partial charge in [0.25, 0.3) is 0 Å². The summed E-state index contributed by atoms with van der Waals surface area (Å²) in [7, 11) is 0. The highest BCUT2D eigenvalue weighted by molar-refractivity contribution is 5.85. The maximum Gasteiger partial charge on any atom is 0.227 e. The van der Waals surface area contributed by atoms with Crippen LogP contribution in [0.5, 0.6) is 0 Å². The van der Waals surface area contributed by atoms with Crippen molar-refractivity contribution in [3.05, 3.63) is 35.4 Å². The number of benzene rings is 1.